The van der Waals surface area contributed by atoms with Crippen molar-refractivity contribution < 1.29 is 0 Å². The van der Waals surface area contributed by atoms with E-state index in [0.717, 1.165) is 22.9 Å². The van der Waals surface area contributed by atoms with Crippen LogP contribution in [0.25, 0.3) is 10.9 Å². The highest BCUT2D eigenvalue weighted by atomic mass is 16.1. The zero-order valence-electron chi connectivity index (χ0n) is 10.6. The van der Waals surface area contributed by atoms with Gasteiger partial charge in [0.1, 0.15) is 0 Å². The van der Waals surface area contributed by atoms with E-state index in [-0.39, 0.29) is 5.56 Å². The molecule has 0 saturated heterocycles. The summed E-state index contributed by atoms with van der Waals surface area (Å²) in [7, 11) is 0. The van der Waals surface area contributed by atoms with Crippen molar-refractivity contribution in [3.8, 4) is 0 Å². The average Bonchev–Trinajstić information content (AvgIpc) is 2.36. The van der Waals surface area contributed by atoms with Gasteiger partial charge in [-0.05, 0) is 31.5 Å². The highest BCUT2D eigenvalue weighted by Gasteiger charge is 2.05. The summed E-state index contributed by atoms with van der Waals surface area (Å²) in [5.74, 6) is 0. The van der Waals surface area contributed by atoms with E-state index in [1.54, 1.807) is 6.07 Å². The van der Waals surface area contributed by atoms with Crippen LogP contribution in [0.1, 0.15) is 18.9 Å². The second-order valence-electron chi connectivity index (χ2n) is 4.56. The molecule has 0 aliphatic carbocycles. The van der Waals surface area contributed by atoms with Crippen molar-refractivity contribution in [2.75, 3.05) is 6.54 Å². The lowest BCUT2D eigenvalue weighted by Crippen LogP contribution is -2.28. The Morgan fingerprint density at radius 1 is 1.39 bits per heavy atom. The molecule has 0 amide bonds. The molecule has 0 saturated carbocycles. The van der Waals surface area contributed by atoms with Crippen molar-refractivity contribution in [3.05, 3.63) is 46.2 Å². The predicted molar refractivity (Wildman–Crippen MR) is 74.5 cm³/mol. The van der Waals surface area contributed by atoms with E-state index in [0.29, 0.717) is 19.1 Å². The first-order valence-corrected chi connectivity index (χ1v) is 6.25. The maximum Gasteiger partial charge on any atom is 0.248 e. The van der Waals surface area contributed by atoms with E-state index in [1.807, 2.05) is 24.3 Å². The van der Waals surface area contributed by atoms with Gasteiger partial charge in [0.15, 0.2) is 0 Å². The molecule has 1 aromatic heterocycles. The molecule has 1 unspecified atom stereocenters. The van der Waals surface area contributed by atoms with Gasteiger partial charge >= 0.3 is 0 Å². The van der Waals surface area contributed by atoms with Crippen molar-refractivity contribution in [1.82, 2.24) is 10.3 Å². The Morgan fingerprint density at radius 3 is 2.94 bits per heavy atom. The van der Waals surface area contributed by atoms with E-state index >= 15 is 0 Å². The number of benzene rings is 1. The number of nitrogens with two attached hydrogens (primary N) is 1. The molecular formula is C14H19N3O. The van der Waals surface area contributed by atoms with Crippen LogP contribution in [0.15, 0.2) is 35.1 Å². The fourth-order valence-corrected chi connectivity index (χ4v) is 2.06. The molecule has 1 atom stereocenters. The number of aromatic amines is 1. The van der Waals surface area contributed by atoms with Crippen molar-refractivity contribution in [3.63, 3.8) is 0 Å². The van der Waals surface area contributed by atoms with Crippen LogP contribution in [0.5, 0.6) is 0 Å². The number of pyridine rings is 1. The number of hydrogen-bond acceptors (Lipinski definition) is 3. The maximum absolute atomic E-state index is 11.6. The van der Waals surface area contributed by atoms with Crippen LogP contribution >= 0.6 is 0 Å². The van der Waals surface area contributed by atoms with E-state index in [9.17, 15) is 4.79 Å². The van der Waals surface area contributed by atoms with Gasteiger partial charge in [-0.2, -0.15) is 0 Å². The lowest BCUT2D eigenvalue weighted by molar-refractivity contribution is 0.521. The van der Waals surface area contributed by atoms with Gasteiger partial charge in [-0.15, -0.1) is 0 Å². The highest BCUT2D eigenvalue weighted by molar-refractivity contribution is 5.81. The number of H-pyrrole nitrogens is 1. The quantitative estimate of drug-likeness (QED) is 0.744. The Morgan fingerprint density at radius 2 is 2.17 bits per heavy atom. The van der Waals surface area contributed by atoms with E-state index in [1.165, 1.54) is 0 Å². The monoisotopic (exact) mass is 245 g/mol. The van der Waals surface area contributed by atoms with Crippen molar-refractivity contribution in [1.29, 1.82) is 0 Å². The molecule has 18 heavy (non-hydrogen) atoms. The van der Waals surface area contributed by atoms with Gasteiger partial charge < -0.3 is 16.0 Å². The van der Waals surface area contributed by atoms with Crippen LogP contribution in [0.4, 0.5) is 0 Å². The molecule has 1 aromatic carbocycles. The molecule has 4 N–H and O–H groups in total. The summed E-state index contributed by atoms with van der Waals surface area (Å²) in [4.78, 5) is 14.4. The third-order valence-electron chi connectivity index (χ3n) is 3.08. The van der Waals surface area contributed by atoms with E-state index < -0.39 is 0 Å². The van der Waals surface area contributed by atoms with Crippen LogP contribution in [0, 0.1) is 0 Å². The summed E-state index contributed by atoms with van der Waals surface area (Å²) >= 11 is 0. The number of fused-ring (bicyclic) bond motifs is 1. The fourth-order valence-electron chi connectivity index (χ4n) is 2.06. The summed E-state index contributed by atoms with van der Waals surface area (Å²) in [6.45, 7) is 3.46. The average molecular weight is 245 g/mol. The van der Waals surface area contributed by atoms with Gasteiger partial charge in [-0.3, -0.25) is 4.79 Å². The number of para-hydroxylation sites is 1. The maximum atomic E-state index is 11.6. The molecule has 96 valence electrons. The molecule has 0 bridgehead atoms. The zero-order chi connectivity index (χ0) is 13.0. The standard InChI is InChI=1S/C14H19N3O/c1-10(6-7-15)16-9-11-8-14(18)17-13-5-3-2-4-12(11)13/h2-5,8,10,16H,6-7,9,15H2,1H3,(H,17,18). The van der Waals surface area contributed by atoms with Crippen molar-refractivity contribution >= 4 is 10.9 Å². The number of nitrogens with one attached hydrogen (secondary N) is 2. The third kappa shape index (κ3) is 2.97. The Kier molecular flexibility index (Phi) is 4.12. The first-order chi connectivity index (χ1) is 8.70. The summed E-state index contributed by atoms with van der Waals surface area (Å²) < 4.78 is 0. The molecule has 2 aromatic rings. The van der Waals surface area contributed by atoms with E-state index in [4.69, 9.17) is 5.73 Å². The lowest BCUT2D eigenvalue weighted by atomic mass is 10.1. The van der Waals surface area contributed by atoms with Gasteiger partial charge in [0.2, 0.25) is 5.56 Å². The van der Waals surface area contributed by atoms with Gasteiger partial charge in [-0.25, -0.2) is 0 Å². The lowest BCUT2D eigenvalue weighted by Gasteiger charge is -2.13. The van der Waals surface area contributed by atoms with Crippen LogP contribution in [-0.2, 0) is 6.54 Å². The van der Waals surface area contributed by atoms with Crippen molar-refractivity contribution in [2.45, 2.75) is 25.9 Å². The third-order valence-corrected chi connectivity index (χ3v) is 3.08. The Labute approximate surface area is 106 Å². The minimum atomic E-state index is -0.0584. The Hall–Kier alpha value is -1.65. The molecule has 4 nitrogen and oxygen atoms in total. The molecule has 0 spiro atoms. The first kappa shape index (κ1) is 12.8. The fraction of sp³-hybridized carbons (Fsp3) is 0.357. The molecule has 0 fully saturated rings. The molecule has 4 heteroatoms. The molecule has 0 radical (unpaired) electrons. The SMILES string of the molecule is CC(CCN)NCc1cc(=O)[nH]c2ccccc12. The van der Waals surface area contributed by atoms with Gasteiger partial charge in [0, 0.05) is 29.6 Å². The molecular weight excluding hydrogens is 226 g/mol. The Balaban J connectivity index is 2.24. The smallest absolute Gasteiger partial charge is 0.248 e. The molecule has 1 heterocycles. The van der Waals surface area contributed by atoms with Crippen LogP contribution in [0.3, 0.4) is 0 Å². The number of rotatable bonds is 5. The highest BCUT2D eigenvalue weighted by Crippen LogP contribution is 2.14. The largest absolute Gasteiger partial charge is 0.330 e. The van der Waals surface area contributed by atoms with Gasteiger partial charge in [0.25, 0.3) is 0 Å². The number of hydrogen-bond donors (Lipinski definition) is 3. The molecule has 0 aliphatic rings. The number of aromatic nitrogens is 1. The van der Waals surface area contributed by atoms with Crippen LogP contribution < -0.4 is 16.6 Å². The second-order valence-corrected chi connectivity index (χ2v) is 4.56. The minimum absolute atomic E-state index is 0.0584. The minimum Gasteiger partial charge on any atom is -0.330 e. The summed E-state index contributed by atoms with van der Waals surface area (Å²) in [6, 6.07) is 9.86. The summed E-state index contributed by atoms with van der Waals surface area (Å²) in [5, 5.41) is 4.47. The van der Waals surface area contributed by atoms with Crippen LogP contribution in [-0.4, -0.2) is 17.6 Å². The summed E-state index contributed by atoms with van der Waals surface area (Å²) in [6.07, 6.45) is 0.932. The van der Waals surface area contributed by atoms with Gasteiger partial charge in [-0.1, -0.05) is 18.2 Å². The second kappa shape index (κ2) is 5.80. The molecule has 2 rings (SSSR count). The van der Waals surface area contributed by atoms with Crippen molar-refractivity contribution in [2.24, 2.45) is 5.73 Å². The normalized spacial score (nSPS) is 12.8. The van der Waals surface area contributed by atoms with Crippen LogP contribution in [0.2, 0.25) is 0 Å². The first-order valence-electron chi connectivity index (χ1n) is 6.25. The van der Waals surface area contributed by atoms with E-state index in [2.05, 4.69) is 17.2 Å². The summed E-state index contributed by atoms with van der Waals surface area (Å²) in [5.41, 5.74) is 7.37. The predicted octanol–water partition coefficient (Wildman–Crippen LogP) is 1.35. The topological polar surface area (TPSA) is 70.9 Å². The Bertz CT molecular complexity index is 577. The molecule has 0 aliphatic heterocycles. The van der Waals surface area contributed by atoms with Gasteiger partial charge in [0.05, 0.1) is 0 Å². The zero-order valence-corrected chi connectivity index (χ0v) is 10.6.